The minimum absolute atomic E-state index is 0.124. The van der Waals surface area contributed by atoms with Crippen molar-refractivity contribution in [2.45, 2.75) is 4.34 Å². The second-order valence-electron chi connectivity index (χ2n) is 5.82. The molecule has 31 heavy (non-hydrogen) atoms. The summed E-state index contributed by atoms with van der Waals surface area (Å²) in [4.78, 5) is 24.2. The van der Waals surface area contributed by atoms with Gasteiger partial charge in [0.2, 0.25) is 11.0 Å². The molecule has 0 aliphatic heterocycles. The average Bonchev–Trinajstić information content (AvgIpc) is 3.19. The molecule has 0 atom stereocenters. The highest BCUT2D eigenvalue weighted by atomic mass is 35.5. The Kier molecular flexibility index (Phi) is 8.35. The number of halogens is 2. The number of methoxy groups -OCH3 is 1. The van der Waals surface area contributed by atoms with E-state index in [1.165, 1.54) is 24.9 Å². The zero-order chi connectivity index (χ0) is 22.2. The van der Waals surface area contributed by atoms with Crippen molar-refractivity contribution in [1.29, 1.82) is 0 Å². The first kappa shape index (κ1) is 23.1. The third-order valence-corrected chi connectivity index (χ3v) is 6.12. The van der Waals surface area contributed by atoms with Crippen molar-refractivity contribution in [3.8, 4) is 11.5 Å². The van der Waals surface area contributed by atoms with Crippen LogP contribution in [-0.2, 0) is 9.59 Å². The summed E-state index contributed by atoms with van der Waals surface area (Å²) in [5.74, 6) is 0.398. The van der Waals surface area contributed by atoms with Crippen molar-refractivity contribution in [2.24, 2.45) is 0 Å². The highest BCUT2D eigenvalue weighted by Gasteiger charge is 2.13. The van der Waals surface area contributed by atoms with Crippen LogP contribution in [0, 0.1) is 0 Å². The summed E-state index contributed by atoms with van der Waals surface area (Å²) in [6.07, 6.45) is 0. The van der Waals surface area contributed by atoms with Crippen LogP contribution < -0.4 is 20.1 Å². The number of thioether (sulfide) groups is 1. The van der Waals surface area contributed by atoms with Crippen molar-refractivity contribution < 1.29 is 19.1 Å². The Balaban J connectivity index is 1.45. The van der Waals surface area contributed by atoms with Gasteiger partial charge in [0.15, 0.2) is 10.9 Å². The zero-order valence-corrected chi connectivity index (χ0v) is 19.2. The van der Waals surface area contributed by atoms with Gasteiger partial charge in [-0.15, -0.1) is 10.2 Å². The minimum atomic E-state index is -0.423. The number of para-hydroxylation sites is 2. The quantitative estimate of drug-likeness (QED) is 0.328. The maximum Gasteiger partial charge on any atom is 0.264 e. The number of nitrogens with one attached hydrogen (secondary N) is 2. The van der Waals surface area contributed by atoms with Gasteiger partial charge in [-0.25, -0.2) is 0 Å². The second kappa shape index (κ2) is 11.2. The van der Waals surface area contributed by atoms with Gasteiger partial charge >= 0.3 is 0 Å². The highest BCUT2D eigenvalue weighted by molar-refractivity contribution is 8.01. The molecule has 1 aromatic heterocycles. The number of carbonyl (C=O) groups is 2. The first-order chi connectivity index (χ1) is 14.9. The summed E-state index contributed by atoms with van der Waals surface area (Å²) in [5.41, 5.74) is 0.585. The maximum atomic E-state index is 12.2. The minimum Gasteiger partial charge on any atom is -0.495 e. The van der Waals surface area contributed by atoms with Crippen LogP contribution in [0.5, 0.6) is 11.5 Å². The molecule has 2 aromatic carbocycles. The Labute approximate surface area is 196 Å². The smallest absolute Gasteiger partial charge is 0.264 e. The number of hydrogen-bond donors (Lipinski definition) is 2. The van der Waals surface area contributed by atoms with Crippen LogP contribution in [0.25, 0.3) is 0 Å². The molecule has 0 saturated heterocycles. The fourth-order valence-electron chi connectivity index (χ4n) is 2.27. The first-order valence-electron chi connectivity index (χ1n) is 8.71. The largest absolute Gasteiger partial charge is 0.495 e. The van der Waals surface area contributed by atoms with E-state index in [1.54, 1.807) is 30.3 Å². The van der Waals surface area contributed by atoms with Crippen molar-refractivity contribution in [3.63, 3.8) is 0 Å². The molecule has 0 bridgehead atoms. The number of benzene rings is 2. The Morgan fingerprint density at radius 3 is 2.65 bits per heavy atom. The van der Waals surface area contributed by atoms with Gasteiger partial charge in [0, 0.05) is 5.02 Å². The van der Waals surface area contributed by atoms with Crippen molar-refractivity contribution in [2.75, 3.05) is 30.1 Å². The number of amides is 2. The molecule has 2 amide bonds. The molecule has 0 spiro atoms. The number of anilines is 2. The standard InChI is InChI=1S/C19H16Cl2N4O4S2/c1-28-15-5-3-2-4-13(15)22-17(27)10-30-19-25-24-18(31-19)23-16(26)9-29-14-7-6-11(20)8-12(14)21/h2-8H,9-10H2,1H3,(H,22,27)(H,23,24,26). The lowest BCUT2D eigenvalue weighted by molar-refractivity contribution is -0.118. The summed E-state index contributed by atoms with van der Waals surface area (Å²) in [5, 5.41) is 14.3. The number of carbonyl (C=O) groups excluding carboxylic acids is 2. The van der Waals surface area contributed by atoms with E-state index in [9.17, 15) is 9.59 Å². The molecule has 0 fully saturated rings. The molecule has 0 aliphatic carbocycles. The predicted molar refractivity (Wildman–Crippen MR) is 123 cm³/mol. The molecule has 3 rings (SSSR count). The number of nitrogens with zero attached hydrogens (tertiary/aromatic N) is 2. The molecule has 12 heteroatoms. The van der Waals surface area contributed by atoms with Crippen LogP contribution in [-0.4, -0.2) is 41.5 Å². The van der Waals surface area contributed by atoms with Crippen LogP contribution in [0.2, 0.25) is 10.0 Å². The first-order valence-corrected chi connectivity index (χ1v) is 11.3. The molecule has 1 heterocycles. The topological polar surface area (TPSA) is 102 Å². The Hall–Kier alpha value is -2.53. The maximum absolute atomic E-state index is 12.2. The summed E-state index contributed by atoms with van der Waals surface area (Å²) in [7, 11) is 1.53. The van der Waals surface area contributed by atoms with Gasteiger partial charge in [-0.2, -0.15) is 0 Å². The van der Waals surface area contributed by atoms with Crippen LogP contribution >= 0.6 is 46.3 Å². The number of ether oxygens (including phenoxy) is 2. The molecule has 0 aliphatic rings. The Morgan fingerprint density at radius 1 is 1.06 bits per heavy atom. The van der Waals surface area contributed by atoms with Crippen LogP contribution in [0.3, 0.4) is 0 Å². The summed E-state index contributed by atoms with van der Waals surface area (Å²) < 4.78 is 11.1. The van der Waals surface area contributed by atoms with Gasteiger partial charge in [-0.05, 0) is 30.3 Å². The Bertz CT molecular complexity index is 1080. The van der Waals surface area contributed by atoms with Crippen molar-refractivity contribution in [3.05, 3.63) is 52.5 Å². The third-order valence-electron chi connectivity index (χ3n) is 3.61. The third kappa shape index (κ3) is 7.00. The van der Waals surface area contributed by atoms with E-state index in [0.717, 1.165) is 11.3 Å². The summed E-state index contributed by atoms with van der Waals surface area (Å²) in [6.45, 7) is -0.259. The molecule has 2 N–H and O–H groups in total. The fourth-order valence-corrected chi connectivity index (χ4v) is 4.30. The van der Waals surface area contributed by atoms with Crippen LogP contribution in [0.4, 0.5) is 10.8 Å². The van der Waals surface area contributed by atoms with Gasteiger partial charge < -0.3 is 14.8 Å². The number of rotatable bonds is 9. The van der Waals surface area contributed by atoms with Gasteiger partial charge in [0.1, 0.15) is 11.5 Å². The van der Waals surface area contributed by atoms with Gasteiger partial charge in [0.25, 0.3) is 5.91 Å². The Morgan fingerprint density at radius 2 is 1.87 bits per heavy atom. The van der Waals surface area contributed by atoms with Gasteiger partial charge in [-0.1, -0.05) is 58.4 Å². The molecular weight excluding hydrogens is 483 g/mol. The van der Waals surface area contributed by atoms with E-state index >= 15 is 0 Å². The van der Waals surface area contributed by atoms with Gasteiger partial charge in [-0.3, -0.25) is 14.9 Å². The van der Waals surface area contributed by atoms with Crippen LogP contribution in [0.1, 0.15) is 0 Å². The number of hydrogen-bond acceptors (Lipinski definition) is 8. The second-order valence-corrected chi connectivity index (χ2v) is 8.87. The lowest BCUT2D eigenvalue weighted by Gasteiger charge is -2.08. The average molecular weight is 499 g/mol. The molecular formula is C19H16Cl2N4O4S2. The van der Waals surface area contributed by atoms with E-state index in [4.69, 9.17) is 32.7 Å². The molecule has 0 unspecified atom stereocenters. The predicted octanol–water partition coefficient (Wildman–Crippen LogP) is 4.60. The lowest BCUT2D eigenvalue weighted by Crippen LogP contribution is -2.20. The van der Waals surface area contributed by atoms with E-state index in [0.29, 0.717) is 36.7 Å². The van der Waals surface area contributed by atoms with E-state index < -0.39 is 5.91 Å². The van der Waals surface area contributed by atoms with Crippen molar-refractivity contribution in [1.82, 2.24) is 10.2 Å². The van der Waals surface area contributed by atoms with Crippen molar-refractivity contribution >= 4 is 68.9 Å². The summed E-state index contributed by atoms with van der Waals surface area (Å²) in [6, 6.07) is 11.8. The normalized spacial score (nSPS) is 10.4. The van der Waals surface area contributed by atoms with Crippen LogP contribution in [0.15, 0.2) is 46.8 Å². The highest BCUT2D eigenvalue weighted by Crippen LogP contribution is 2.28. The SMILES string of the molecule is COc1ccccc1NC(=O)CSc1nnc(NC(=O)COc2ccc(Cl)cc2Cl)s1. The summed E-state index contributed by atoms with van der Waals surface area (Å²) >= 11 is 14.2. The lowest BCUT2D eigenvalue weighted by atomic mass is 10.3. The molecule has 8 nitrogen and oxygen atoms in total. The van der Waals surface area contributed by atoms with E-state index in [2.05, 4.69) is 20.8 Å². The number of aromatic nitrogens is 2. The zero-order valence-electron chi connectivity index (χ0n) is 16.1. The fraction of sp³-hybridized carbons (Fsp3) is 0.158. The molecule has 3 aromatic rings. The molecule has 0 saturated carbocycles. The molecule has 0 radical (unpaired) electrons. The monoisotopic (exact) mass is 498 g/mol. The molecule has 162 valence electrons. The van der Waals surface area contributed by atoms with Gasteiger partial charge in [0.05, 0.1) is 23.6 Å². The van der Waals surface area contributed by atoms with E-state index in [1.807, 2.05) is 6.07 Å². The van der Waals surface area contributed by atoms with E-state index in [-0.39, 0.29) is 18.3 Å².